The molecule has 6 heteroatoms. The van der Waals surface area contributed by atoms with Gasteiger partial charge >= 0.3 is 6.09 Å². The number of rotatable bonds is 2. The van der Waals surface area contributed by atoms with E-state index in [-0.39, 0.29) is 6.61 Å². The molecule has 0 radical (unpaired) electrons. The fourth-order valence-electron chi connectivity index (χ4n) is 1.28. The summed E-state index contributed by atoms with van der Waals surface area (Å²) in [5, 5.41) is 0.969. The quantitative estimate of drug-likeness (QED) is 0.627. The molecular weight excluding hydrogens is 232 g/mol. The molecule has 0 aromatic heterocycles. The summed E-state index contributed by atoms with van der Waals surface area (Å²) in [6.07, 6.45) is -0.649. The van der Waals surface area contributed by atoms with Crippen LogP contribution in [0.5, 0.6) is 0 Å². The normalized spacial score (nSPS) is 19.4. The molecule has 1 N–H and O–H groups in total. The number of ether oxygens (including phenoxy) is 1. The molecule has 0 saturated carbocycles. The number of nitrogens with zero attached hydrogens (tertiary/aromatic N) is 1. The van der Waals surface area contributed by atoms with Gasteiger partial charge in [-0.2, -0.15) is 5.01 Å². The van der Waals surface area contributed by atoms with Crippen molar-refractivity contribution in [3.05, 3.63) is 35.9 Å². The van der Waals surface area contributed by atoms with Crippen molar-refractivity contribution in [2.75, 3.05) is 6.61 Å². The van der Waals surface area contributed by atoms with Crippen LogP contribution in [0.4, 0.5) is 4.79 Å². The zero-order valence-corrected chi connectivity index (χ0v) is 8.98. The van der Waals surface area contributed by atoms with Gasteiger partial charge in [-0.1, -0.05) is 29.8 Å². The molecule has 1 heterocycles. The summed E-state index contributed by atoms with van der Waals surface area (Å²) in [6.45, 7) is 0.0649. The van der Waals surface area contributed by atoms with E-state index >= 15 is 0 Å². The summed E-state index contributed by atoms with van der Waals surface area (Å²) in [5.41, 5.74) is 2.17. The van der Waals surface area contributed by atoms with Crippen molar-refractivity contribution in [2.24, 2.45) is 0 Å². The molecule has 1 aromatic rings. The van der Waals surface area contributed by atoms with Crippen LogP contribution in [-0.4, -0.2) is 29.1 Å². The maximum Gasteiger partial charge on any atom is 0.430 e. The Balaban J connectivity index is 2.05. The fourth-order valence-corrected chi connectivity index (χ4v) is 1.47. The summed E-state index contributed by atoms with van der Waals surface area (Å²) in [6, 6.07) is 8.54. The van der Waals surface area contributed by atoms with Crippen molar-refractivity contribution in [1.29, 1.82) is 0 Å². The molecule has 1 aliphatic heterocycles. The molecule has 0 bridgehead atoms. The monoisotopic (exact) mass is 240 g/mol. The van der Waals surface area contributed by atoms with Crippen LogP contribution < -0.4 is 5.43 Å². The Kier molecular flexibility index (Phi) is 2.96. The van der Waals surface area contributed by atoms with Gasteiger partial charge in [0.05, 0.1) is 0 Å². The van der Waals surface area contributed by atoms with Crippen molar-refractivity contribution < 1.29 is 14.3 Å². The number of carbonyl (C=O) groups excluding carboxylic acids is 2. The molecule has 1 unspecified atom stereocenters. The molecule has 1 aliphatic rings. The number of hydrogen-bond donors (Lipinski definition) is 1. The second-order valence-electron chi connectivity index (χ2n) is 3.19. The van der Waals surface area contributed by atoms with Gasteiger partial charge < -0.3 is 4.74 Å². The average molecular weight is 241 g/mol. The third-order valence-electron chi connectivity index (χ3n) is 2.08. The van der Waals surface area contributed by atoms with Gasteiger partial charge in [0, 0.05) is 5.56 Å². The number of nitrogens with one attached hydrogen (secondary N) is 1. The van der Waals surface area contributed by atoms with E-state index < -0.39 is 17.5 Å². The second-order valence-corrected chi connectivity index (χ2v) is 3.69. The van der Waals surface area contributed by atoms with E-state index in [4.69, 9.17) is 11.6 Å². The lowest BCUT2D eigenvalue weighted by atomic mass is 10.2. The van der Waals surface area contributed by atoms with Crippen molar-refractivity contribution in [3.8, 4) is 0 Å². The lowest BCUT2D eigenvalue weighted by Crippen LogP contribution is -2.45. The Labute approximate surface area is 96.9 Å². The first-order valence-corrected chi connectivity index (χ1v) is 5.08. The fraction of sp³-hybridized carbons (Fsp3) is 0.200. The molecule has 0 spiro atoms. The highest BCUT2D eigenvalue weighted by molar-refractivity contribution is 6.21. The Morgan fingerprint density at radius 1 is 1.44 bits per heavy atom. The molecule has 2 rings (SSSR count). The largest absolute Gasteiger partial charge is 0.445 e. The van der Waals surface area contributed by atoms with Gasteiger partial charge in [-0.3, -0.25) is 10.2 Å². The third kappa shape index (κ3) is 2.09. The van der Waals surface area contributed by atoms with Crippen molar-refractivity contribution >= 4 is 23.6 Å². The van der Waals surface area contributed by atoms with Crippen LogP contribution in [0.1, 0.15) is 10.4 Å². The maximum absolute atomic E-state index is 11.7. The van der Waals surface area contributed by atoms with E-state index in [0.29, 0.717) is 5.56 Å². The zero-order chi connectivity index (χ0) is 11.5. The van der Waals surface area contributed by atoms with Crippen LogP contribution >= 0.6 is 11.6 Å². The number of amides is 2. The van der Waals surface area contributed by atoms with Crippen molar-refractivity contribution in [2.45, 2.75) is 5.50 Å². The highest BCUT2D eigenvalue weighted by atomic mass is 35.5. The number of carbonyl (C=O) groups is 2. The Morgan fingerprint density at radius 2 is 2.12 bits per heavy atom. The summed E-state index contributed by atoms with van der Waals surface area (Å²) in [5.74, 6) is -0.398. The van der Waals surface area contributed by atoms with Gasteiger partial charge in [-0.25, -0.2) is 4.79 Å². The molecule has 1 saturated heterocycles. The minimum Gasteiger partial charge on any atom is -0.445 e. The van der Waals surface area contributed by atoms with Gasteiger partial charge in [0.25, 0.3) is 5.91 Å². The van der Waals surface area contributed by atoms with E-state index in [2.05, 4.69) is 10.2 Å². The molecule has 0 aliphatic carbocycles. The minimum absolute atomic E-state index is 0.0649. The SMILES string of the molecule is O=C(NN1C(=O)OCC1Cl)c1ccccc1. The van der Waals surface area contributed by atoms with Crippen molar-refractivity contribution in [3.63, 3.8) is 0 Å². The summed E-state index contributed by atoms with van der Waals surface area (Å²) < 4.78 is 4.65. The number of halogens is 1. The van der Waals surface area contributed by atoms with Gasteiger partial charge in [0.2, 0.25) is 0 Å². The lowest BCUT2D eigenvalue weighted by molar-refractivity contribution is 0.0822. The van der Waals surface area contributed by atoms with E-state index in [1.807, 2.05) is 0 Å². The number of alkyl halides is 1. The van der Waals surface area contributed by atoms with Crippen LogP contribution in [-0.2, 0) is 4.74 Å². The highest BCUT2D eigenvalue weighted by Gasteiger charge is 2.32. The molecule has 1 atom stereocenters. The van der Waals surface area contributed by atoms with Gasteiger partial charge in [-0.15, -0.1) is 0 Å². The van der Waals surface area contributed by atoms with Crippen LogP contribution in [0.3, 0.4) is 0 Å². The number of hydrazine groups is 1. The van der Waals surface area contributed by atoms with E-state index in [1.165, 1.54) is 0 Å². The van der Waals surface area contributed by atoms with Gasteiger partial charge in [0.15, 0.2) is 5.50 Å². The molecule has 5 nitrogen and oxygen atoms in total. The molecule has 1 aromatic carbocycles. The molecular formula is C10H9ClN2O3. The molecule has 16 heavy (non-hydrogen) atoms. The highest BCUT2D eigenvalue weighted by Crippen LogP contribution is 2.13. The summed E-state index contributed by atoms with van der Waals surface area (Å²) >= 11 is 5.77. The maximum atomic E-state index is 11.7. The number of hydrogen-bond acceptors (Lipinski definition) is 3. The lowest BCUT2D eigenvalue weighted by Gasteiger charge is -2.17. The zero-order valence-electron chi connectivity index (χ0n) is 8.22. The van der Waals surface area contributed by atoms with E-state index in [1.54, 1.807) is 30.3 Å². The molecule has 2 amide bonds. The van der Waals surface area contributed by atoms with Crippen LogP contribution in [0.2, 0.25) is 0 Å². The van der Waals surface area contributed by atoms with E-state index in [9.17, 15) is 9.59 Å². The predicted octanol–water partition coefficient (Wildman–Crippen LogP) is 1.35. The van der Waals surface area contributed by atoms with Gasteiger partial charge in [0.1, 0.15) is 6.61 Å². The van der Waals surface area contributed by atoms with Crippen LogP contribution in [0, 0.1) is 0 Å². The smallest absolute Gasteiger partial charge is 0.430 e. The number of cyclic esters (lactones) is 1. The summed E-state index contributed by atoms with van der Waals surface area (Å²) in [4.78, 5) is 22.8. The molecule has 84 valence electrons. The van der Waals surface area contributed by atoms with E-state index in [0.717, 1.165) is 5.01 Å². The first kappa shape index (κ1) is 10.8. The predicted molar refractivity (Wildman–Crippen MR) is 56.7 cm³/mol. The standard InChI is InChI=1S/C10H9ClN2O3/c11-8-6-16-10(15)13(8)12-9(14)7-4-2-1-3-5-7/h1-5,8H,6H2,(H,12,14). The third-order valence-corrected chi connectivity index (χ3v) is 2.40. The second kappa shape index (κ2) is 4.40. The minimum atomic E-state index is -0.667. The Morgan fingerprint density at radius 3 is 2.69 bits per heavy atom. The molecule has 1 fully saturated rings. The number of benzene rings is 1. The Bertz CT molecular complexity index is 410. The van der Waals surface area contributed by atoms with Crippen molar-refractivity contribution in [1.82, 2.24) is 10.4 Å². The summed E-state index contributed by atoms with van der Waals surface area (Å²) in [7, 11) is 0. The first-order chi connectivity index (χ1) is 7.68. The van der Waals surface area contributed by atoms with Crippen LogP contribution in [0.25, 0.3) is 0 Å². The Hall–Kier alpha value is -1.75. The topological polar surface area (TPSA) is 58.6 Å². The average Bonchev–Trinajstić information content (AvgIpc) is 2.62. The first-order valence-electron chi connectivity index (χ1n) is 4.64. The van der Waals surface area contributed by atoms with Gasteiger partial charge in [-0.05, 0) is 12.1 Å². The van der Waals surface area contributed by atoms with Crippen LogP contribution in [0.15, 0.2) is 30.3 Å².